The number of carbonyl (C=O) groups is 2. The largest absolute Gasteiger partial charge is 0.322 e. The van der Waals surface area contributed by atoms with E-state index in [0.717, 1.165) is 30.5 Å². The summed E-state index contributed by atoms with van der Waals surface area (Å²) in [5.74, 6) is 0.224. The minimum atomic E-state index is -1.71. The van der Waals surface area contributed by atoms with E-state index in [-0.39, 0.29) is 22.8 Å². The Morgan fingerprint density at radius 1 is 1.19 bits per heavy atom. The van der Waals surface area contributed by atoms with E-state index in [1.807, 2.05) is 13.8 Å². The lowest BCUT2D eigenvalue weighted by atomic mass is 9.83. The van der Waals surface area contributed by atoms with Crippen molar-refractivity contribution in [2.24, 2.45) is 0 Å². The van der Waals surface area contributed by atoms with Crippen LogP contribution < -0.4 is 10.6 Å². The van der Waals surface area contributed by atoms with Crippen molar-refractivity contribution in [1.82, 2.24) is 15.1 Å². The molecule has 2 aromatic rings. The van der Waals surface area contributed by atoms with Gasteiger partial charge in [0.1, 0.15) is 5.82 Å². The molecular formula is C23H32FN5O2Si. The second kappa shape index (κ2) is 7.43. The van der Waals surface area contributed by atoms with Crippen molar-refractivity contribution in [3.63, 3.8) is 0 Å². The first-order valence-electron chi connectivity index (χ1n) is 11.1. The molecule has 1 aromatic heterocycles. The molecule has 1 aromatic carbocycles. The van der Waals surface area contributed by atoms with Gasteiger partial charge in [0.2, 0.25) is 5.91 Å². The SMILES string of the molecule is Cc1cc(F)ccc1NC(=O)N1Cc2c(NC(=O)C3([Si](C)(C)C)CCC3)n[nH]c2C1(C)C. The Balaban J connectivity index is 1.54. The fourth-order valence-electron chi connectivity index (χ4n) is 4.97. The van der Waals surface area contributed by atoms with E-state index >= 15 is 0 Å². The van der Waals surface area contributed by atoms with Crippen molar-refractivity contribution in [2.45, 2.75) is 76.8 Å². The van der Waals surface area contributed by atoms with Crippen LogP contribution in [0.15, 0.2) is 18.2 Å². The number of aromatic amines is 1. The molecule has 172 valence electrons. The number of H-pyrrole nitrogens is 1. The second-order valence-electron chi connectivity index (χ2n) is 10.6. The van der Waals surface area contributed by atoms with E-state index in [2.05, 4.69) is 40.5 Å². The quantitative estimate of drug-likeness (QED) is 0.541. The molecule has 7 nitrogen and oxygen atoms in total. The number of amides is 3. The molecule has 0 spiro atoms. The summed E-state index contributed by atoms with van der Waals surface area (Å²) < 4.78 is 13.4. The summed E-state index contributed by atoms with van der Waals surface area (Å²) in [6.45, 7) is 12.7. The number of nitrogens with one attached hydrogen (secondary N) is 3. The molecule has 3 N–H and O–H groups in total. The van der Waals surface area contributed by atoms with E-state index < -0.39 is 13.6 Å². The molecule has 2 heterocycles. The summed E-state index contributed by atoms with van der Waals surface area (Å²) in [7, 11) is -1.71. The molecule has 1 fully saturated rings. The van der Waals surface area contributed by atoms with Crippen LogP contribution in [-0.2, 0) is 16.9 Å². The molecular weight excluding hydrogens is 425 g/mol. The summed E-state index contributed by atoms with van der Waals surface area (Å²) in [5, 5.41) is 13.2. The minimum absolute atomic E-state index is 0.0554. The van der Waals surface area contributed by atoms with Gasteiger partial charge in [0.15, 0.2) is 5.82 Å². The summed E-state index contributed by atoms with van der Waals surface area (Å²) in [6.07, 6.45) is 2.94. The number of aromatic nitrogens is 2. The Kier molecular flexibility index (Phi) is 5.23. The van der Waals surface area contributed by atoms with E-state index in [0.29, 0.717) is 23.6 Å². The molecule has 1 aliphatic heterocycles. The van der Waals surface area contributed by atoms with Gasteiger partial charge >= 0.3 is 6.03 Å². The number of aryl methyl sites for hydroxylation is 1. The molecule has 0 atom stereocenters. The number of nitrogens with zero attached hydrogens (tertiary/aromatic N) is 2. The van der Waals surface area contributed by atoms with E-state index in [4.69, 9.17) is 0 Å². The average Bonchev–Trinajstić information content (AvgIpc) is 3.13. The third-order valence-corrected chi connectivity index (χ3v) is 11.1. The van der Waals surface area contributed by atoms with E-state index in [9.17, 15) is 14.0 Å². The van der Waals surface area contributed by atoms with Crippen LogP contribution in [0.2, 0.25) is 24.7 Å². The number of rotatable bonds is 4. The number of carbonyl (C=O) groups excluding carboxylic acids is 2. The molecule has 0 bridgehead atoms. The first-order valence-corrected chi connectivity index (χ1v) is 14.6. The minimum Gasteiger partial charge on any atom is -0.309 e. The fraction of sp³-hybridized carbons (Fsp3) is 0.522. The molecule has 0 radical (unpaired) electrons. The maximum absolute atomic E-state index is 13.4. The van der Waals surface area contributed by atoms with Gasteiger partial charge < -0.3 is 15.5 Å². The Labute approximate surface area is 189 Å². The van der Waals surface area contributed by atoms with Gasteiger partial charge in [0, 0.05) is 16.3 Å². The standard InChI is InChI=1S/C23H32FN5O2Si/c1-14-12-15(24)8-9-17(14)25-21(31)29-13-16-18(22(29,2)3)27-28-19(16)26-20(30)23(10-7-11-23)32(4,5)6/h8-9,12H,7,10-11,13H2,1-6H3,(H,25,31)(H2,26,27,28,30). The summed E-state index contributed by atoms with van der Waals surface area (Å²) in [6, 6.07) is 3.99. The highest BCUT2D eigenvalue weighted by Crippen LogP contribution is 2.56. The Hall–Kier alpha value is -2.68. The van der Waals surface area contributed by atoms with Gasteiger partial charge in [0.25, 0.3) is 0 Å². The van der Waals surface area contributed by atoms with Gasteiger partial charge in [-0.15, -0.1) is 0 Å². The van der Waals surface area contributed by atoms with Crippen LogP contribution in [0.5, 0.6) is 0 Å². The van der Waals surface area contributed by atoms with Crippen LogP contribution in [0, 0.1) is 12.7 Å². The zero-order valence-corrected chi connectivity index (χ0v) is 20.6. The van der Waals surface area contributed by atoms with E-state index in [1.54, 1.807) is 17.9 Å². The van der Waals surface area contributed by atoms with Crippen molar-refractivity contribution in [2.75, 3.05) is 10.6 Å². The summed E-state index contributed by atoms with van der Waals surface area (Å²) >= 11 is 0. The normalized spacial score (nSPS) is 18.7. The smallest absolute Gasteiger partial charge is 0.309 e. The van der Waals surface area contributed by atoms with Crippen LogP contribution in [0.25, 0.3) is 0 Å². The molecule has 3 amide bonds. The van der Waals surface area contributed by atoms with Crippen molar-refractivity contribution < 1.29 is 14.0 Å². The molecule has 9 heteroatoms. The van der Waals surface area contributed by atoms with Crippen LogP contribution in [0.1, 0.15) is 49.9 Å². The highest BCUT2D eigenvalue weighted by molar-refractivity contribution is 6.83. The predicted octanol–water partition coefficient (Wildman–Crippen LogP) is 5.34. The van der Waals surface area contributed by atoms with Crippen molar-refractivity contribution in [3.8, 4) is 0 Å². The molecule has 1 saturated carbocycles. The van der Waals surface area contributed by atoms with Gasteiger partial charge in [-0.2, -0.15) is 5.10 Å². The van der Waals surface area contributed by atoms with Gasteiger partial charge in [-0.3, -0.25) is 9.89 Å². The van der Waals surface area contributed by atoms with Crippen molar-refractivity contribution in [1.29, 1.82) is 0 Å². The highest BCUT2D eigenvalue weighted by Gasteiger charge is 2.54. The molecule has 4 rings (SSSR count). The molecule has 2 aliphatic rings. The maximum Gasteiger partial charge on any atom is 0.322 e. The van der Waals surface area contributed by atoms with E-state index in [1.165, 1.54) is 12.1 Å². The molecule has 0 unspecified atom stereocenters. The third-order valence-electron chi connectivity index (χ3n) is 7.45. The summed E-state index contributed by atoms with van der Waals surface area (Å²) in [5.41, 5.74) is 2.22. The Morgan fingerprint density at radius 2 is 1.88 bits per heavy atom. The Bertz CT molecular complexity index is 1080. The zero-order valence-electron chi connectivity index (χ0n) is 19.6. The summed E-state index contributed by atoms with van der Waals surface area (Å²) in [4.78, 5) is 28.1. The second-order valence-corrected chi connectivity index (χ2v) is 16.1. The van der Waals surface area contributed by atoms with Crippen LogP contribution >= 0.6 is 0 Å². The number of anilines is 2. The van der Waals surface area contributed by atoms with Crippen molar-refractivity contribution in [3.05, 3.63) is 40.8 Å². The predicted molar refractivity (Wildman–Crippen MR) is 126 cm³/mol. The molecule has 32 heavy (non-hydrogen) atoms. The highest BCUT2D eigenvalue weighted by atomic mass is 28.3. The number of hydrogen-bond donors (Lipinski definition) is 3. The zero-order chi connectivity index (χ0) is 23.5. The average molecular weight is 458 g/mol. The fourth-order valence-corrected chi connectivity index (χ4v) is 7.57. The van der Waals surface area contributed by atoms with Crippen LogP contribution in [0.4, 0.5) is 20.7 Å². The monoisotopic (exact) mass is 457 g/mol. The number of benzene rings is 1. The lowest BCUT2D eigenvalue weighted by Crippen LogP contribution is -2.52. The number of urea groups is 1. The van der Waals surface area contributed by atoms with Crippen molar-refractivity contribution >= 4 is 31.5 Å². The number of hydrogen-bond acceptors (Lipinski definition) is 3. The van der Waals surface area contributed by atoms with Gasteiger partial charge in [0.05, 0.1) is 25.9 Å². The number of fused-ring (bicyclic) bond motifs is 1. The first-order chi connectivity index (χ1) is 14.9. The number of halogens is 1. The molecule has 1 aliphatic carbocycles. The molecule has 0 saturated heterocycles. The lowest BCUT2D eigenvalue weighted by molar-refractivity contribution is -0.121. The van der Waals surface area contributed by atoms with Gasteiger partial charge in [-0.05, 0) is 57.4 Å². The Morgan fingerprint density at radius 3 is 2.44 bits per heavy atom. The van der Waals surface area contributed by atoms with Gasteiger partial charge in [-0.25, -0.2) is 9.18 Å². The third kappa shape index (κ3) is 3.43. The van der Waals surface area contributed by atoms with Crippen LogP contribution in [0.3, 0.4) is 0 Å². The topological polar surface area (TPSA) is 90.1 Å². The lowest BCUT2D eigenvalue weighted by Gasteiger charge is -2.48. The van der Waals surface area contributed by atoms with Gasteiger partial charge in [-0.1, -0.05) is 26.1 Å². The van der Waals surface area contributed by atoms with Crippen LogP contribution in [-0.4, -0.2) is 35.1 Å². The maximum atomic E-state index is 13.4. The first kappa shape index (κ1) is 22.5.